The Morgan fingerprint density at radius 2 is 1.67 bits per heavy atom. The van der Waals surface area contributed by atoms with Gasteiger partial charge in [0.25, 0.3) is 0 Å². The van der Waals surface area contributed by atoms with E-state index < -0.39 is 9.84 Å². The van der Waals surface area contributed by atoms with Crippen molar-refractivity contribution >= 4 is 15.7 Å². The Morgan fingerprint density at radius 1 is 1.00 bits per heavy atom. The Morgan fingerprint density at radius 3 is 2.26 bits per heavy atom. The van der Waals surface area contributed by atoms with Gasteiger partial charge in [-0.1, -0.05) is 0 Å². The molecular formula is C18H26N6O2S. The number of piperazine rings is 1. The third kappa shape index (κ3) is 4.47. The maximum Gasteiger partial charge on any atom is 0.175 e. The molecule has 0 radical (unpaired) electrons. The lowest BCUT2D eigenvalue weighted by atomic mass is 10.0. The zero-order valence-electron chi connectivity index (χ0n) is 15.7. The van der Waals surface area contributed by atoms with Crippen LogP contribution >= 0.6 is 0 Å². The molecule has 2 fully saturated rings. The van der Waals surface area contributed by atoms with Crippen LogP contribution in [0, 0.1) is 12.8 Å². The fraction of sp³-hybridized carbons (Fsp3) is 0.611. The average Bonchev–Trinajstić information content (AvgIpc) is 3.11. The molecule has 146 valence electrons. The number of aromatic nitrogens is 4. The molecule has 0 aromatic carbocycles. The van der Waals surface area contributed by atoms with Crippen molar-refractivity contribution in [1.29, 1.82) is 0 Å². The van der Waals surface area contributed by atoms with Gasteiger partial charge in [-0.05, 0) is 43.9 Å². The minimum absolute atomic E-state index is 0.356. The molecule has 4 rings (SSSR count). The van der Waals surface area contributed by atoms with Crippen LogP contribution in [0.3, 0.4) is 0 Å². The second-order valence-electron chi connectivity index (χ2n) is 7.53. The first-order chi connectivity index (χ1) is 13.0. The van der Waals surface area contributed by atoms with Gasteiger partial charge in [0.1, 0.15) is 9.84 Å². The van der Waals surface area contributed by atoms with E-state index in [1.807, 2.05) is 31.3 Å². The highest BCUT2D eigenvalue weighted by Gasteiger charge is 2.26. The molecule has 4 heterocycles. The molecular weight excluding hydrogens is 364 g/mol. The summed E-state index contributed by atoms with van der Waals surface area (Å²) in [5.41, 5.74) is 0.951. The molecule has 9 heteroatoms. The number of nitrogens with zero attached hydrogens (tertiary/aromatic N) is 6. The highest BCUT2D eigenvalue weighted by atomic mass is 32.2. The average molecular weight is 391 g/mol. The molecule has 0 amide bonds. The molecule has 2 aliphatic rings. The fourth-order valence-electron chi connectivity index (χ4n) is 3.80. The van der Waals surface area contributed by atoms with Crippen molar-refractivity contribution in [3.05, 3.63) is 30.1 Å². The smallest absolute Gasteiger partial charge is 0.175 e. The third-order valence-electron chi connectivity index (χ3n) is 5.48. The molecule has 2 aliphatic heterocycles. The highest BCUT2D eigenvalue weighted by Crippen LogP contribution is 2.21. The normalized spacial score (nSPS) is 21.4. The van der Waals surface area contributed by atoms with Gasteiger partial charge in [-0.3, -0.25) is 4.90 Å². The predicted molar refractivity (Wildman–Crippen MR) is 104 cm³/mol. The van der Waals surface area contributed by atoms with E-state index in [9.17, 15) is 8.42 Å². The zero-order valence-corrected chi connectivity index (χ0v) is 16.5. The predicted octanol–water partition coefficient (Wildman–Crippen LogP) is 0.918. The summed E-state index contributed by atoms with van der Waals surface area (Å²) in [6, 6.07) is 5.89. The second kappa shape index (κ2) is 7.55. The topological polar surface area (TPSA) is 84.2 Å². The second-order valence-corrected chi connectivity index (χ2v) is 9.84. The number of hydrogen-bond donors (Lipinski definition) is 0. The SMILES string of the molecule is Cc1ccn(-c2ccc(N3CCN(CC4CCS(=O)(=O)CC4)CC3)nn2)n1. The van der Waals surface area contributed by atoms with E-state index >= 15 is 0 Å². The van der Waals surface area contributed by atoms with Crippen molar-refractivity contribution in [3.8, 4) is 5.82 Å². The van der Waals surface area contributed by atoms with Crippen molar-refractivity contribution < 1.29 is 8.42 Å². The minimum Gasteiger partial charge on any atom is -0.353 e. The Bertz CT molecular complexity index is 858. The van der Waals surface area contributed by atoms with Crippen molar-refractivity contribution in [1.82, 2.24) is 24.9 Å². The van der Waals surface area contributed by atoms with Crippen molar-refractivity contribution in [2.24, 2.45) is 5.92 Å². The quantitative estimate of drug-likeness (QED) is 0.767. The number of sulfone groups is 1. The summed E-state index contributed by atoms with van der Waals surface area (Å²) in [4.78, 5) is 4.71. The van der Waals surface area contributed by atoms with E-state index in [0.717, 1.165) is 62.9 Å². The van der Waals surface area contributed by atoms with E-state index in [1.54, 1.807) is 4.68 Å². The van der Waals surface area contributed by atoms with Gasteiger partial charge in [0, 0.05) is 38.9 Å². The summed E-state index contributed by atoms with van der Waals surface area (Å²) in [6.07, 6.45) is 3.50. The minimum atomic E-state index is -2.77. The molecule has 8 nitrogen and oxygen atoms in total. The van der Waals surface area contributed by atoms with Crippen LogP contribution in [0.1, 0.15) is 18.5 Å². The fourth-order valence-corrected chi connectivity index (χ4v) is 5.39. The molecule has 0 spiro atoms. The van der Waals surface area contributed by atoms with Gasteiger partial charge < -0.3 is 4.90 Å². The summed E-state index contributed by atoms with van der Waals surface area (Å²) in [5, 5.41) is 13.0. The molecule has 0 saturated carbocycles. The molecule has 2 aromatic rings. The summed E-state index contributed by atoms with van der Waals surface area (Å²) in [7, 11) is -2.77. The third-order valence-corrected chi connectivity index (χ3v) is 7.20. The van der Waals surface area contributed by atoms with E-state index in [-0.39, 0.29) is 0 Å². The molecule has 0 unspecified atom stereocenters. The van der Waals surface area contributed by atoms with E-state index in [2.05, 4.69) is 25.1 Å². The molecule has 0 bridgehead atoms. The van der Waals surface area contributed by atoms with E-state index in [4.69, 9.17) is 0 Å². The van der Waals surface area contributed by atoms with Crippen LogP contribution in [0.25, 0.3) is 5.82 Å². The van der Waals surface area contributed by atoms with Crippen molar-refractivity contribution in [3.63, 3.8) is 0 Å². The molecule has 0 atom stereocenters. The van der Waals surface area contributed by atoms with E-state index in [1.165, 1.54) is 0 Å². The molecule has 2 aromatic heterocycles. The van der Waals surface area contributed by atoms with Gasteiger partial charge in [0.05, 0.1) is 17.2 Å². The summed E-state index contributed by atoms with van der Waals surface area (Å²) >= 11 is 0. The molecule has 2 saturated heterocycles. The lowest BCUT2D eigenvalue weighted by Gasteiger charge is -2.37. The van der Waals surface area contributed by atoms with Crippen LogP contribution in [0.4, 0.5) is 5.82 Å². The Kier molecular flexibility index (Phi) is 5.14. The first kappa shape index (κ1) is 18.4. The summed E-state index contributed by atoms with van der Waals surface area (Å²) < 4.78 is 24.9. The summed E-state index contributed by atoms with van der Waals surface area (Å²) in [6.45, 7) is 6.74. The maximum atomic E-state index is 11.6. The maximum absolute atomic E-state index is 11.6. The Hall–Kier alpha value is -2.00. The van der Waals surface area contributed by atoms with Gasteiger partial charge in [0.2, 0.25) is 0 Å². The monoisotopic (exact) mass is 390 g/mol. The largest absolute Gasteiger partial charge is 0.353 e. The number of aryl methyl sites for hydroxylation is 1. The van der Waals surface area contributed by atoms with Crippen molar-refractivity contribution in [2.45, 2.75) is 19.8 Å². The van der Waals surface area contributed by atoms with Gasteiger partial charge in [-0.15, -0.1) is 10.2 Å². The van der Waals surface area contributed by atoms with Gasteiger partial charge >= 0.3 is 0 Å². The summed E-state index contributed by atoms with van der Waals surface area (Å²) in [5.74, 6) is 2.84. The first-order valence-corrected chi connectivity index (χ1v) is 11.3. The number of hydrogen-bond acceptors (Lipinski definition) is 7. The number of rotatable bonds is 4. The van der Waals surface area contributed by atoms with Crippen LogP contribution in [-0.2, 0) is 9.84 Å². The zero-order chi connectivity index (χ0) is 18.9. The van der Waals surface area contributed by atoms with Gasteiger partial charge in [-0.25, -0.2) is 13.1 Å². The van der Waals surface area contributed by atoms with Crippen LogP contribution in [0.5, 0.6) is 0 Å². The van der Waals surface area contributed by atoms with Gasteiger partial charge in [-0.2, -0.15) is 5.10 Å². The van der Waals surface area contributed by atoms with Crippen LogP contribution < -0.4 is 4.90 Å². The standard InChI is InChI=1S/C18H26N6O2S/c1-15-4-7-24(21-15)18-3-2-17(19-20-18)23-10-8-22(9-11-23)14-16-5-12-27(25,26)13-6-16/h2-4,7,16H,5-6,8-14H2,1H3. The van der Waals surface area contributed by atoms with E-state index in [0.29, 0.717) is 17.4 Å². The van der Waals surface area contributed by atoms with Crippen LogP contribution in [-0.4, -0.2) is 77.5 Å². The Balaban J connectivity index is 1.29. The van der Waals surface area contributed by atoms with Crippen LogP contribution in [0.2, 0.25) is 0 Å². The lowest BCUT2D eigenvalue weighted by molar-refractivity contribution is 0.210. The lowest BCUT2D eigenvalue weighted by Crippen LogP contribution is -2.48. The molecule has 0 aliphatic carbocycles. The first-order valence-electron chi connectivity index (χ1n) is 9.53. The molecule has 0 N–H and O–H groups in total. The highest BCUT2D eigenvalue weighted by molar-refractivity contribution is 7.91. The van der Waals surface area contributed by atoms with Crippen molar-refractivity contribution in [2.75, 3.05) is 49.1 Å². The molecule has 27 heavy (non-hydrogen) atoms. The van der Waals surface area contributed by atoms with Crippen LogP contribution in [0.15, 0.2) is 24.4 Å². The number of anilines is 1. The van der Waals surface area contributed by atoms with Gasteiger partial charge in [0.15, 0.2) is 11.6 Å². The Labute approximate surface area is 160 Å².